The molecule has 122 valence electrons. The van der Waals surface area contributed by atoms with Crippen molar-refractivity contribution in [2.24, 2.45) is 0 Å². The van der Waals surface area contributed by atoms with Gasteiger partial charge in [-0.1, -0.05) is 0 Å². The number of benzene rings is 1. The van der Waals surface area contributed by atoms with Crippen molar-refractivity contribution in [3.05, 3.63) is 29.3 Å². The fourth-order valence-electron chi connectivity index (χ4n) is 2.56. The molecule has 2 rings (SSSR count). The molecule has 1 saturated heterocycles. The Morgan fingerprint density at radius 3 is 2.77 bits per heavy atom. The Morgan fingerprint density at radius 1 is 1.41 bits per heavy atom. The molecule has 1 atom stereocenters. The van der Waals surface area contributed by atoms with Gasteiger partial charge in [-0.3, -0.25) is 9.59 Å². The van der Waals surface area contributed by atoms with E-state index in [9.17, 15) is 9.59 Å². The molecule has 1 aromatic carbocycles. The van der Waals surface area contributed by atoms with Crippen molar-refractivity contribution in [2.45, 2.75) is 32.2 Å². The molecule has 6 heteroatoms. The number of Topliss-reactive ketones (excluding diaryl/α,β-unsaturated/α-hetero) is 1. The second kappa shape index (κ2) is 8.76. The highest BCUT2D eigenvalue weighted by atomic mass is 35.5. The van der Waals surface area contributed by atoms with Gasteiger partial charge in [0.1, 0.15) is 5.75 Å². The van der Waals surface area contributed by atoms with E-state index in [0.717, 1.165) is 31.5 Å². The number of ether oxygens (including phenoxy) is 1. The molecule has 0 aromatic heterocycles. The van der Waals surface area contributed by atoms with Crippen LogP contribution in [0, 0.1) is 0 Å². The van der Waals surface area contributed by atoms with Gasteiger partial charge in [0.25, 0.3) is 0 Å². The third-order valence-corrected chi connectivity index (χ3v) is 3.70. The lowest BCUT2D eigenvalue weighted by Gasteiger charge is -2.24. The summed E-state index contributed by atoms with van der Waals surface area (Å²) in [6.07, 6.45) is 2.30. The first kappa shape index (κ1) is 18.5. The molecule has 1 heterocycles. The zero-order valence-corrected chi connectivity index (χ0v) is 13.8. The monoisotopic (exact) mass is 326 g/mol. The second-order valence-corrected chi connectivity index (χ2v) is 5.37. The van der Waals surface area contributed by atoms with Gasteiger partial charge in [-0.15, -0.1) is 12.4 Å². The maximum Gasteiger partial charge on any atom is 0.224 e. The molecule has 22 heavy (non-hydrogen) atoms. The number of carbonyl (C=O) groups excluding carboxylic acids is 2. The van der Waals surface area contributed by atoms with Crippen LogP contribution in [-0.2, 0) is 11.2 Å². The average Bonchev–Trinajstić information content (AvgIpc) is 2.48. The second-order valence-electron chi connectivity index (χ2n) is 5.37. The highest BCUT2D eigenvalue weighted by Crippen LogP contribution is 2.21. The Hall–Kier alpha value is -1.59. The number of hydrogen-bond acceptors (Lipinski definition) is 4. The summed E-state index contributed by atoms with van der Waals surface area (Å²) in [5, 5.41) is 6.29. The Labute approximate surface area is 137 Å². The number of hydrogen-bond donors (Lipinski definition) is 2. The van der Waals surface area contributed by atoms with Crippen LogP contribution >= 0.6 is 12.4 Å². The summed E-state index contributed by atoms with van der Waals surface area (Å²) in [7, 11) is 1.56. The van der Waals surface area contributed by atoms with Gasteiger partial charge in [0.05, 0.1) is 13.5 Å². The summed E-state index contributed by atoms with van der Waals surface area (Å²) in [6, 6.07) is 5.38. The van der Waals surface area contributed by atoms with Gasteiger partial charge >= 0.3 is 0 Å². The van der Waals surface area contributed by atoms with Crippen LogP contribution in [0.2, 0.25) is 0 Å². The minimum Gasteiger partial charge on any atom is -0.496 e. The molecule has 1 unspecified atom stereocenters. The van der Waals surface area contributed by atoms with E-state index in [4.69, 9.17) is 4.74 Å². The van der Waals surface area contributed by atoms with Gasteiger partial charge < -0.3 is 15.4 Å². The molecule has 0 saturated carbocycles. The maximum absolute atomic E-state index is 12.2. The predicted molar refractivity (Wildman–Crippen MR) is 88.0 cm³/mol. The van der Waals surface area contributed by atoms with Gasteiger partial charge in [-0.05, 0) is 44.5 Å². The normalized spacial score (nSPS) is 17.3. The Bertz CT molecular complexity index is 528. The number of methoxy groups -OCH3 is 1. The lowest BCUT2D eigenvalue weighted by Crippen LogP contribution is -2.46. The third-order valence-electron chi connectivity index (χ3n) is 3.70. The van der Waals surface area contributed by atoms with E-state index in [-0.39, 0.29) is 36.6 Å². The molecule has 1 amide bonds. The average molecular weight is 327 g/mol. The largest absolute Gasteiger partial charge is 0.496 e. The number of halogens is 1. The standard InChI is InChI=1S/C16H22N2O3.ClH/c1-11(19)12-5-6-15(21-2)13(8-12)9-16(20)18-14-4-3-7-17-10-14;/h5-6,8,14,17H,3-4,7,9-10H2,1-2H3,(H,18,20);1H. The fraction of sp³-hybridized carbons (Fsp3) is 0.500. The van der Waals surface area contributed by atoms with E-state index in [1.807, 2.05) is 0 Å². The van der Waals surface area contributed by atoms with Crippen molar-refractivity contribution in [2.75, 3.05) is 20.2 Å². The van der Waals surface area contributed by atoms with E-state index in [0.29, 0.717) is 11.3 Å². The number of nitrogens with one attached hydrogen (secondary N) is 2. The highest BCUT2D eigenvalue weighted by molar-refractivity contribution is 5.94. The fourth-order valence-corrected chi connectivity index (χ4v) is 2.56. The topological polar surface area (TPSA) is 67.4 Å². The van der Waals surface area contributed by atoms with E-state index in [1.54, 1.807) is 25.3 Å². The molecule has 1 aliphatic rings. The Morgan fingerprint density at radius 2 is 2.18 bits per heavy atom. The van der Waals surface area contributed by atoms with Crippen molar-refractivity contribution in [3.63, 3.8) is 0 Å². The highest BCUT2D eigenvalue weighted by Gasteiger charge is 2.17. The SMILES string of the molecule is COc1ccc(C(C)=O)cc1CC(=O)NC1CCCNC1.Cl. The van der Waals surface area contributed by atoms with Gasteiger partial charge in [0.15, 0.2) is 5.78 Å². The third kappa shape index (κ3) is 5.00. The minimum absolute atomic E-state index is 0. The van der Waals surface area contributed by atoms with Gasteiger partial charge in [0, 0.05) is 23.7 Å². The van der Waals surface area contributed by atoms with Crippen molar-refractivity contribution in [1.82, 2.24) is 10.6 Å². The van der Waals surface area contributed by atoms with Crippen LogP contribution in [0.1, 0.15) is 35.7 Å². The lowest BCUT2D eigenvalue weighted by molar-refractivity contribution is -0.121. The van der Waals surface area contributed by atoms with E-state index in [2.05, 4.69) is 10.6 Å². The van der Waals surface area contributed by atoms with E-state index < -0.39 is 0 Å². The van der Waals surface area contributed by atoms with Crippen LogP contribution in [0.15, 0.2) is 18.2 Å². The molecule has 0 bridgehead atoms. The molecule has 0 spiro atoms. The number of piperidine rings is 1. The first-order valence-corrected chi connectivity index (χ1v) is 7.28. The molecule has 0 radical (unpaired) electrons. The van der Waals surface area contributed by atoms with Crippen molar-refractivity contribution in [1.29, 1.82) is 0 Å². The summed E-state index contributed by atoms with van der Waals surface area (Å²) >= 11 is 0. The quantitative estimate of drug-likeness (QED) is 0.809. The summed E-state index contributed by atoms with van der Waals surface area (Å²) in [6.45, 7) is 3.34. The first-order chi connectivity index (χ1) is 10.1. The van der Waals surface area contributed by atoms with Crippen molar-refractivity contribution >= 4 is 24.1 Å². The smallest absolute Gasteiger partial charge is 0.224 e. The molecule has 1 aromatic rings. The van der Waals surface area contributed by atoms with Crippen LogP contribution in [0.5, 0.6) is 5.75 Å². The number of carbonyl (C=O) groups is 2. The van der Waals surface area contributed by atoms with E-state index in [1.165, 1.54) is 6.92 Å². The van der Waals surface area contributed by atoms with Crippen molar-refractivity contribution in [3.8, 4) is 5.75 Å². The summed E-state index contributed by atoms with van der Waals surface area (Å²) in [5.74, 6) is 0.579. The molecule has 1 fully saturated rings. The zero-order valence-electron chi connectivity index (χ0n) is 13.0. The molecular formula is C16H23ClN2O3. The zero-order chi connectivity index (χ0) is 15.2. The van der Waals surface area contributed by atoms with Gasteiger partial charge in [-0.2, -0.15) is 0 Å². The van der Waals surface area contributed by atoms with E-state index >= 15 is 0 Å². The maximum atomic E-state index is 12.2. The van der Waals surface area contributed by atoms with Crippen LogP contribution in [0.4, 0.5) is 0 Å². The molecule has 1 aliphatic heterocycles. The van der Waals surface area contributed by atoms with Gasteiger partial charge in [-0.25, -0.2) is 0 Å². The van der Waals surface area contributed by atoms with Crippen LogP contribution in [-0.4, -0.2) is 37.9 Å². The Balaban J connectivity index is 0.00000242. The van der Waals surface area contributed by atoms with Crippen molar-refractivity contribution < 1.29 is 14.3 Å². The van der Waals surface area contributed by atoms with Crippen LogP contribution < -0.4 is 15.4 Å². The molecule has 2 N–H and O–H groups in total. The summed E-state index contributed by atoms with van der Waals surface area (Å²) in [5.41, 5.74) is 1.34. The Kier molecular flexibility index (Phi) is 7.35. The lowest BCUT2D eigenvalue weighted by atomic mass is 10.0. The number of rotatable bonds is 5. The van der Waals surface area contributed by atoms with Crippen LogP contribution in [0.25, 0.3) is 0 Å². The summed E-state index contributed by atoms with van der Waals surface area (Å²) < 4.78 is 5.27. The number of ketones is 1. The predicted octanol–water partition coefficient (Wildman–Crippen LogP) is 1.73. The van der Waals surface area contributed by atoms with Gasteiger partial charge in [0.2, 0.25) is 5.91 Å². The first-order valence-electron chi connectivity index (χ1n) is 7.28. The minimum atomic E-state index is -0.0392. The summed E-state index contributed by atoms with van der Waals surface area (Å²) in [4.78, 5) is 23.6. The molecule has 0 aliphatic carbocycles. The van der Waals surface area contributed by atoms with Crippen LogP contribution in [0.3, 0.4) is 0 Å². The molecule has 5 nitrogen and oxygen atoms in total. The molecular weight excluding hydrogens is 304 g/mol. The number of amides is 1.